The Morgan fingerprint density at radius 1 is 1.37 bits per heavy atom. The Morgan fingerprint density at radius 2 is 2.16 bits per heavy atom. The number of aromatic nitrogens is 3. The van der Waals surface area contributed by atoms with Gasteiger partial charge in [-0.15, -0.1) is 0 Å². The van der Waals surface area contributed by atoms with E-state index in [9.17, 15) is 0 Å². The van der Waals surface area contributed by atoms with Gasteiger partial charge in [-0.05, 0) is 30.9 Å². The van der Waals surface area contributed by atoms with E-state index in [1.807, 2.05) is 18.8 Å². The van der Waals surface area contributed by atoms with Crippen molar-refractivity contribution in [3.8, 4) is 0 Å². The number of nitrogens with one attached hydrogen (secondary N) is 1. The van der Waals surface area contributed by atoms with E-state index in [4.69, 9.17) is 0 Å². The number of rotatable bonds is 5. The van der Waals surface area contributed by atoms with Gasteiger partial charge >= 0.3 is 0 Å². The van der Waals surface area contributed by atoms with Crippen molar-refractivity contribution >= 4 is 0 Å². The molecule has 2 aromatic rings. The van der Waals surface area contributed by atoms with Crippen molar-refractivity contribution in [1.29, 1.82) is 0 Å². The molecule has 4 heteroatoms. The highest BCUT2D eigenvalue weighted by Crippen LogP contribution is 2.49. The lowest BCUT2D eigenvalue weighted by Gasteiger charge is -2.15. The molecule has 0 saturated heterocycles. The van der Waals surface area contributed by atoms with Gasteiger partial charge in [0, 0.05) is 19.5 Å². The van der Waals surface area contributed by atoms with E-state index in [0.717, 1.165) is 12.2 Å². The minimum Gasteiger partial charge on any atom is -0.316 e. The van der Waals surface area contributed by atoms with Crippen LogP contribution in [-0.2, 0) is 13.5 Å². The fraction of sp³-hybridized carbons (Fsp3) is 0.467. The van der Waals surface area contributed by atoms with Crippen LogP contribution in [-0.4, -0.2) is 27.9 Å². The molecular formula is C15H20N4. The quantitative estimate of drug-likeness (QED) is 0.886. The summed E-state index contributed by atoms with van der Waals surface area (Å²) in [6, 6.07) is 11.3. The average Bonchev–Trinajstić information content (AvgIpc) is 3.14. The number of benzene rings is 1. The molecule has 1 heterocycles. The molecule has 0 radical (unpaired) electrons. The van der Waals surface area contributed by atoms with Crippen molar-refractivity contribution in [1.82, 2.24) is 20.1 Å². The van der Waals surface area contributed by atoms with Crippen LogP contribution in [0.3, 0.4) is 0 Å². The van der Waals surface area contributed by atoms with Gasteiger partial charge in [-0.3, -0.25) is 4.68 Å². The van der Waals surface area contributed by atoms with E-state index >= 15 is 0 Å². The lowest BCUT2D eigenvalue weighted by atomic mass is 10.0. The molecule has 0 amide bonds. The van der Waals surface area contributed by atoms with E-state index in [1.54, 1.807) is 6.33 Å². The summed E-state index contributed by atoms with van der Waals surface area (Å²) in [4.78, 5) is 4.32. The van der Waals surface area contributed by atoms with E-state index in [-0.39, 0.29) is 0 Å². The third-order valence-corrected chi connectivity index (χ3v) is 4.16. The van der Waals surface area contributed by atoms with Gasteiger partial charge in [-0.1, -0.05) is 30.3 Å². The fourth-order valence-electron chi connectivity index (χ4n) is 2.91. The first-order valence-corrected chi connectivity index (χ1v) is 6.84. The molecule has 1 N–H and O–H groups in total. The van der Waals surface area contributed by atoms with E-state index in [1.165, 1.54) is 12.0 Å². The van der Waals surface area contributed by atoms with Gasteiger partial charge in [0.15, 0.2) is 0 Å². The molecular weight excluding hydrogens is 236 g/mol. The summed E-state index contributed by atoms with van der Waals surface area (Å²) in [5.41, 5.74) is 1.46. The molecule has 19 heavy (non-hydrogen) atoms. The van der Waals surface area contributed by atoms with Crippen LogP contribution in [0.25, 0.3) is 0 Å². The molecule has 1 aliphatic carbocycles. The molecule has 3 atom stereocenters. The molecule has 0 aliphatic heterocycles. The van der Waals surface area contributed by atoms with Crippen LogP contribution in [0.5, 0.6) is 0 Å². The lowest BCUT2D eigenvalue weighted by Crippen LogP contribution is -2.31. The molecule has 0 spiro atoms. The molecule has 1 fully saturated rings. The monoisotopic (exact) mass is 256 g/mol. The zero-order chi connectivity index (χ0) is 13.2. The number of likely N-dealkylation sites (N-methyl/N-ethyl adjacent to an activating group) is 1. The van der Waals surface area contributed by atoms with Gasteiger partial charge in [-0.25, -0.2) is 4.98 Å². The van der Waals surface area contributed by atoms with Gasteiger partial charge in [0.2, 0.25) is 0 Å². The zero-order valence-corrected chi connectivity index (χ0v) is 11.5. The second-order valence-corrected chi connectivity index (χ2v) is 5.32. The molecule has 3 unspecified atom stereocenters. The number of aryl methyl sites for hydroxylation is 1. The molecule has 1 aromatic heterocycles. The topological polar surface area (TPSA) is 42.7 Å². The van der Waals surface area contributed by atoms with Crippen LogP contribution in [0.2, 0.25) is 0 Å². The van der Waals surface area contributed by atoms with Crippen LogP contribution in [0, 0.1) is 5.92 Å². The SMILES string of the molecule is CNC(Cc1ncnn1C)C1CC1c1ccccc1. The normalized spacial score (nSPS) is 23.3. The van der Waals surface area contributed by atoms with Gasteiger partial charge in [0.25, 0.3) is 0 Å². The van der Waals surface area contributed by atoms with Crippen LogP contribution in [0.15, 0.2) is 36.7 Å². The van der Waals surface area contributed by atoms with Crippen molar-refractivity contribution < 1.29 is 0 Å². The highest BCUT2D eigenvalue weighted by molar-refractivity contribution is 5.26. The van der Waals surface area contributed by atoms with E-state index in [2.05, 4.69) is 45.7 Å². The predicted octanol–water partition coefficient (Wildman–Crippen LogP) is 1.75. The zero-order valence-electron chi connectivity index (χ0n) is 11.5. The summed E-state index contributed by atoms with van der Waals surface area (Å²) in [7, 11) is 4.00. The van der Waals surface area contributed by atoms with Gasteiger partial charge in [0.1, 0.15) is 12.2 Å². The van der Waals surface area contributed by atoms with Gasteiger partial charge in [0.05, 0.1) is 0 Å². The predicted molar refractivity (Wildman–Crippen MR) is 74.8 cm³/mol. The Balaban J connectivity index is 1.67. The number of hydrogen-bond acceptors (Lipinski definition) is 3. The Morgan fingerprint density at radius 3 is 2.79 bits per heavy atom. The maximum Gasteiger partial charge on any atom is 0.138 e. The smallest absolute Gasteiger partial charge is 0.138 e. The Labute approximate surface area is 113 Å². The van der Waals surface area contributed by atoms with Crippen LogP contribution >= 0.6 is 0 Å². The third-order valence-electron chi connectivity index (χ3n) is 4.16. The second kappa shape index (κ2) is 5.13. The standard InChI is InChI=1S/C15H20N4/c1-16-14(9-15-17-10-18-19(15)2)13-8-12(13)11-6-4-3-5-7-11/h3-7,10,12-14,16H,8-9H2,1-2H3. The minimum absolute atomic E-state index is 0.480. The summed E-state index contributed by atoms with van der Waals surface area (Å²) >= 11 is 0. The molecule has 1 saturated carbocycles. The van der Waals surface area contributed by atoms with Crippen LogP contribution < -0.4 is 5.32 Å². The van der Waals surface area contributed by atoms with Crippen molar-refractivity contribution in [2.75, 3.05) is 7.05 Å². The fourth-order valence-corrected chi connectivity index (χ4v) is 2.91. The first-order chi connectivity index (χ1) is 9.29. The molecule has 3 rings (SSSR count). The van der Waals surface area contributed by atoms with E-state index < -0.39 is 0 Å². The number of hydrogen-bond donors (Lipinski definition) is 1. The summed E-state index contributed by atoms with van der Waals surface area (Å²) in [6.45, 7) is 0. The molecule has 0 bridgehead atoms. The maximum atomic E-state index is 4.32. The first-order valence-electron chi connectivity index (χ1n) is 6.84. The molecule has 100 valence electrons. The molecule has 1 aliphatic rings. The van der Waals surface area contributed by atoms with Gasteiger partial charge in [-0.2, -0.15) is 5.10 Å². The van der Waals surface area contributed by atoms with Gasteiger partial charge < -0.3 is 5.32 Å². The molecule has 1 aromatic carbocycles. The lowest BCUT2D eigenvalue weighted by molar-refractivity contribution is 0.471. The Hall–Kier alpha value is -1.68. The summed E-state index contributed by atoms with van der Waals surface area (Å²) in [5, 5.41) is 7.59. The van der Waals surface area contributed by atoms with Crippen molar-refractivity contribution in [3.63, 3.8) is 0 Å². The number of nitrogens with zero attached hydrogens (tertiary/aromatic N) is 3. The maximum absolute atomic E-state index is 4.32. The average molecular weight is 256 g/mol. The highest BCUT2D eigenvalue weighted by atomic mass is 15.3. The largest absolute Gasteiger partial charge is 0.316 e. The summed E-state index contributed by atoms with van der Waals surface area (Å²) in [5.74, 6) is 2.47. The van der Waals surface area contributed by atoms with Crippen molar-refractivity contribution in [2.24, 2.45) is 13.0 Å². The highest BCUT2D eigenvalue weighted by Gasteiger charge is 2.43. The van der Waals surface area contributed by atoms with Crippen molar-refractivity contribution in [3.05, 3.63) is 48.0 Å². The third kappa shape index (κ3) is 2.54. The van der Waals surface area contributed by atoms with Crippen LogP contribution in [0.4, 0.5) is 0 Å². The minimum atomic E-state index is 0.480. The van der Waals surface area contributed by atoms with Crippen molar-refractivity contribution in [2.45, 2.75) is 24.8 Å². The van der Waals surface area contributed by atoms with Crippen LogP contribution in [0.1, 0.15) is 23.7 Å². The Bertz CT molecular complexity index is 534. The first kappa shape index (κ1) is 12.4. The van der Waals surface area contributed by atoms with E-state index in [0.29, 0.717) is 17.9 Å². The molecule has 4 nitrogen and oxygen atoms in total. The Kier molecular flexibility index (Phi) is 3.34. The summed E-state index contributed by atoms with van der Waals surface area (Å²) < 4.78 is 1.87. The second-order valence-electron chi connectivity index (χ2n) is 5.32. The summed E-state index contributed by atoms with van der Waals surface area (Å²) in [6.07, 6.45) is 3.85.